The van der Waals surface area contributed by atoms with Crippen LogP contribution in [0.2, 0.25) is 0 Å². The van der Waals surface area contributed by atoms with Crippen LogP contribution in [0.4, 0.5) is 13.2 Å². The number of nitriles is 1. The molecule has 0 spiro atoms. The van der Waals surface area contributed by atoms with E-state index in [0.717, 1.165) is 11.3 Å². The Balaban J connectivity index is 2.03. The number of aromatic nitrogens is 2. The summed E-state index contributed by atoms with van der Waals surface area (Å²) in [4.78, 5) is 0. The van der Waals surface area contributed by atoms with E-state index in [-0.39, 0.29) is 6.54 Å². The summed E-state index contributed by atoms with van der Waals surface area (Å²) in [5.41, 5.74) is 1.59. The van der Waals surface area contributed by atoms with Gasteiger partial charge in [-0.05, 0) is 17.7 Å². The van der Waals surface area contributed by atoms with Gasteiger partial charge in [-0.3, -0.25) is 0 Å². The van der Waals surface area contributed by atoms with Gasteiger partial charge in [0.2, 0.25) is 0 Å². The summed E-state index contributed by atoms with van der Waals surface area (Å²) in [6.45, 7) is -0.211. The Hall–Kier alpha value is -2.33. The number of hydrogen-bond acceptors (Lipinski definition) is 3. The largest absolute Gasteiger partial charge is 0.405 e. The first-order valence-electron chi connectivity index (χ1n) is 6.27. The molecule has 0 bridgehead atoms. The molecule has 2 rings (SSSR count). The third-order valence-electron chi connectivity index (χ3n) is 2.96. The smallest absolute Gasteiger partial charge is 0.311 e. The van der Waals surface area contributed by atoms with Gasteiger partial charge in [0, 0.05) is 25.5 Å². The number of nitrogens with zero attached hydrogens (tertiary/aromatic N) is 3. The molecule has 0 saturated carbocycles. The predicted octanol–water partition coefficient (Wildman–Crippen LogP) is 2.66. The molecule has 2 aromatic rings. The van der Waals surface area contributed by atoms with Crippen molar-refractivity contribution in [1.29, 1.82) is 5.26 Å². The fourth-order valence-electron chi connectivity index (χ4n) is 1.88. The van der Waals surface area contributed by atoms with E-state index in [2.05, 4.69) is 10.4 Å². The lowest BCUT2D eigenvalue weighted by molar-refractivity contribution is -0.157. The molecular weight excluding hydrogens is 281 g/mol. The zero-order valence-electron chi connectivity index (χ0n) is 11.0. The van der Waals surface area contributed by atoms with E-state index in [9.17, 15) is 13.2 Å². The lowest BCUT2D eigenvalue weighted by Gasteiger charge is -2.15. The third kappa shape index (κ3) is 3.83. The zero-order chi connectivity index (χ0) is 15.3. The van der Waals surface area contributed by atoms with E-state index in [1.54, 1.807) is 35.3 Å². The van der Waals surface area contributed by atoms with Crippen molar-refractivity contribution in [3.63, 3.8) is 0 Å². The number of benzene rings is 1. The molecule has 1 aromatic heterocycles. The molecule has 0 aliphatic heterocycles. The fraction of sp³-hybridized carbons (Fsp3) is 0.286. The normalized spacial score (nSPS) is 12.9. The van der Waals surface area contributed by atoms with Gasteiger partial charge in [-0.2, -0.15) is 23.5 Å². The molecule has 0 aliphatic rings. The molecule has 1 N–H and O–H groups in total. The summed E-state index contributed by atoms with van der Waals surface area (Å²) in [7, 11) is 0. The fourth-order valence-corrected chi connectivity index (χ4v) is 1.88. The van der Waals surface area contributed by atoms with Crippen LogP contribution in [-0.4, -0.2) is 22.5 Å². The molecule has 0 amide bonds. The summed E-state index contributed by atoms with van der Waals surface area (Å²) < 4.78 is 39.1. The van der Waals surface area contributed by atoms with Crippen LogP contribution in [0.15, 0.2) is 42.7 Å². The monoisotopic (exact) mass is 294 g/mol. The molecule has 1 unspecified atom stereocenters. The predicted molar refractivity (Wildman–Crippen MR) is 70.4 cm³/mol. The van der Waals surface area contributed by atoms with E-state index >= 15 is 0 Å². The molecule has 0 aliphatic carbocycles. The molecule has 0 fully saturated rings. The maximum Gasteiger partial charge on any atom is 0.405 e. The van der Waals surface area contributed by atoms with Crippen molar-refractivity contribution < 1.29 is 13.2 Å². The number of alkyl halides is 3. The number of para-hydroxylation sites is 1. The summed E-state index contributed by atoms with van der Waals surface area (Å²) in [6.07, 6.45) is -1.13. The van der Waals surface area contributed by atoms with E-state index in [4.69, 9.17) is 5.26 Å². The zero-order valence-corrected chi connectivity index (χ0v) is 11.0. The molecule has 1 aromatic carbocycles. The Bertz CT molecular complexity index is 614. The van der Waals surface area contributed by atoms with Gasteiger partial charge in [0.25, 0.3) is 0 Å². The van der Waals surface area contributed by atoms with Crippen LogP contribution in [0.25, 0.3) is 5.69 Å². The number of nitrogens with one attached hydrogen (secondary N) is 1. The van der Waals surface area contributed by atoms with E-state index < -0.39 is 18.6 Å². The maximum absolute atomic E-state index is 12.5. The van der Waals surface area contributed by atoms with Crippen molar-refractivity contribution >= 4 is 0 Å². The molecule has 1 heterocycles. The first-order valence-corrected chi connectivity index (χ1v) is 6.27. The van der Waals surface area contributed by atoms with E-state index in [1.807, 2.05) is 12.1 Å². The Morgan fingerprint density at radius 1 is 1.29 bits per heavy atom. The SMILES string of the molecule is N#CC(CNCc1ccccc1-n1cccn1)C(F)(F)F. The number of hydrogen-bond donors (Lipinski definition) is 1. The van der Waals surface area contributed by atoms with Crippen molar-refractivity contribution in [3.8, 4) is 11.8 Å². The lowest BCUT2D eigenvalue weighted by Crippen LogP contribution is -2.32. The Labute approximate surface area is 119 Å². The van der Waals surface area contributed by atoms with Crippen molar-refractivity contribution in [1.82, 2.24) is 15.1 Å². The molecule has 4 nitrogen and oxygen atoms in total. The molecular formula is C14H13F3N4. The van der Waals surface area contributed by atoms with Crippen LogP contribution in [-0.2, 0) is 6.54 Å². The number of rotatable bonds is 5. The van der Waals surface area contributed by atoms with Crippen molar-refractivity contribution in [2.45, 2.75) is 12.7 Å². The first kappa shape index (κ1) is 15.1. The van der Waals surface area contributed by atoms with Gasteiger partial charge in [-0.15, -0.1) is 0 Å². The highest BCUT2D eigenvalue weighted by molar-refractivity contribution is 5.40. The van der Waals surface area contributed by atoms with Crippen LogP contribution in [0.1, 0.15) is 5.56 Å². The summed E-state index contributed by atoms with van der Waals surface area (Å²) >= 11 is 0. The minimum absolute atomic E-state index is 0.226. The summed E-state index contributed by atoms with van der Waals surface area (Å²) in [5.74, 6) is -2.01. The van der Waals surface area contributed by atoms with E-state index in [0.29, 0.717) is 0 Å². The first-order chi connectivity index (χ1) is 10.0. The lowest BCUT2D eigenvalue weighted by atomic mass is 10.1. The van der Waals surface area contributed by atoms with Crippen molar-refractivity contribution in [2.24, 2.45) is 5.92 Å². The maximum atomic E-state index is 12.5. The van der Waals surface area contributed by atoms with Gasteiger partial charge in [0.1, 0.15) is 0 Å². The topological polar surface area (TPSA) is 53.6 Å². The second kappa shape index (κ2) is 6.41. The Morgan fingerprint density at radius 2 is 2.05 bits per heavy atom. The van der Waals surface area contributed by atoms with Crippen LogP contribution < -0.4 is 5.32 Å². The standard InChI is InChI=1S/C14H13F3N4/c15-14(16,17)12(8-18)10-19-9-11-4-1-2-5-13(11)21-7-3-6-20-21/h1-7,12,19H,9-10H2. The van der Waals surface area contributed by atoms with Crippen LogP contribution in [0.5, 0.6) is 0 Å². The molecule has 1 atom stereocenters. The Morgan fingerprint density at radius 3 is 2.67 bits per heavy atom. The van der Waals surface area contributed by atoms with Gasteiger partial charge in [-0.25, -0.2) is 4.68 Å². The van der Waals surface area contributed by atoms with Gasteiger partial charge in [0.05, 0.1) is 11.8 Å². The number of halogens is 3. The average molecular weight is 294 g/mol. The van der Waals surface area contributed by atoms with Gasteiger partial charge < -0.3 is 5.32 Å². The Kier molecular flexibility index (Phi) is 4.60. The van der Waals surface area contributed by atoms with Crippen LogP contribution in [0.3, 0.4) is 0 Å². The highest BCUT2D eigenvalue weighted by Gasteiger charge is 2.39. The molecule has 110 valence electrons. The quantitative estimate of drug-likeness (QED) is 0.922. The summed E-state index contributed by atoms with van der Waals surface area (Å²) in [5, 5.41) is 15.3. The van der Waals surface area contributed by atoms with Crippen LogP contribution >= 0.6 is 0 Å². The highest BCUT2D eigenvalue weighted by Crippen LogP contribution is 2.25. The molecule has 7 heteroatoms. The van der Waals surface area contributed by atoms with Gasteiger partial charge in [0.15, 0.2) is 5.92 Å². The van der Waals surface area contributed by atoms with Crippen LogP contribution in [0, 0.1) is 17.2 Å². The highest BCUT2D eigenvalue weighted by atomic mass is 19.4. The van der Waals surface area contributed by atoms with E-state index in [1.165, 1.54) is 6.07 Å². The van der Waals surface area contributed by atoms with Gasteiger partial charge >= 0.3 is 6.18 Å². The molecule has 21 heavy (non-hydrogen) atoms. The molecule has 0 radical (unpaired) electrons. The second-order valence-corrected chi connectivity index (χ2v) is 4.43. The van der Waals surface area contributed by atoms with Crippen molar-refractivity contribution in [3.05, 3.63) is 48.3 Å². The van der Waals surface area contributed by atoms with Gasteiger partial charge in [-0.1, -0.05) is 18.2 Å². The minimum Gasteiger partial charge on any atom is -0.311 e. The molecule has 0 saturated heterocycles. The summed E-state index contributed by atoms with van der Waals surface area (Å²) in [6, 6.07) is 10.3. The minimum atomic E-state index is -4.51. The van der Waals surface area contributed by atoms with Crippen molar-refractivity contribution in [2.75, 3.05) is 6.54 Å². The third-order valence-corrected chi connectivity index (χ3v) is 2.96. The second-order valence-electron chi connectivity index (χ2n) is 4.43. The average Bonchev–Trinajstić information content (AvgIpc) is 2.96.